The highest BCUT2D eigenvalue weighted by Gasteiger charge is 2.17. The van der Waals surface area contributed by atoms with Crippen LogP contribution in [0, 0.1) is 11.3 Å². The fourth-order valence-corrected chi connectivity index (χ4v) is 3.67. The number of carbonyl (C=O) groups excluding carboxylic acids is 1. The van der Waals surface area contributed by atoms with Crippen LogP contribution in [0.1, 0.15) is 5.56 Å². The minimum Gasteiger partial charge on any atom is -0.497 e. The normalized spacial score (nSPS) is 11.3. The Morgan fingerprint density at radius 1 is 1.03 bits per heavy atom. The van der Waals surface area contributed by atoms with E-state index >= 15 is 0 Å². The van der Waals surface area contributed by atoms with E-state index in [1.165, 1.54) is 49.6 Å². The van der Waals surface area contributed by atoms with Crippen LogP contribution in [0.5, 0.6) is 11.5 Å². The minimum atomic E-state index is -4.08. The number of anilines is 1. The molecule has 0 aliphatic carbocycles. The molecule has 3 aromatic carbocycles. The number of amides is 1. The van der Waals surface area contributed by atoms with Crippen molar-refractivity contribution in [2.45, 2.75) is 4.90 Å². The Morgan fingerprint density at radius 2 is 1.72 bits per heavy atom. The average molecular weight is 469 g/mol. The molecule has 0 radical (unpaired) electrons. The van der Waals surface area contributed by atoms with E-state index in [2.05, 4.69) is 5.32 Å². The van der Waals surface area contributed by atoms with Crippen LogP contribution in [-0.4, -0.2) is 21.4 Å². The van der Waals surface area contributed by atoms with Gasteiger partial charge in [-0.1, -0.05) is 23.7 Å². The molecule has 3 rings (SSSR count). The van der Waals surface area contributed by atoms with Gasteiger partial charge in [0.15, 0.2) is 0 Å². The van der Waals surface area contributed by atoms with Crippen LogP contribution in [0.25, 0.3) is 6.08 Å². The van der Waals surface area contributed by atoms with Gasteiger partial charge in [0.25, 0.3) is 5.91 Å². The highest BCUT2D eigenvalue weighted by Crippen LogP contribution is 2.23. The quantitative estimate of drug-likeness (QED) is 0.307. The Morgan fingerprint density at radius 3 is 2.34 bits per heavy atom. The summed E-state index contributed by atoms with van der Waals surface area (Å²) in [6.45, 7) is 0. The first-order chi connectivity index (χ1) is 15.3. The predicted molar refractivity (Wildman–Crippen MR) is 121 cm³/mol. The molecular formula is C23H17ClN2O5S. The molecule has 0 atom stereocenters. The second-order valence-corrected chi connectivity index (χ2v) is 8.40. The van der Waals surface area contributed by atoms with Crippen molar-refractivity contribution in [2.75, 3.05) is 12.4 Å². The number of halogens is 1. The molecule has 0 aromatic heterocycles. The zero-order valence-corrected chi connectivity index (χ0v) is 18.4. The van der Waals surface area contributed by atoms with E-state index in [9.17, 15) is 18.5 Å². The van der Waals surface area contributed by atoms with Gasteiger partial charge >= 0.3 is 10.1 Å². The fourth-order valence-electron chi connectivity index (χ4n) is 2.62. The molecule has 162 valence electrons. The fraction of sp³-hybridized carbons (Fsp3) is 0.0435. The summed E-state index contributed by atoms with van der Waals surface area (Å²) >= 11 is 5.82. The zero-order chi connectivity index (χ0) is 23.1. The highest BCUT2D eigenvalue weighted by atomic mass is 35.5. The molecule has 1 N–H and O–H groups in total. The summed E-state index contributed by atoms with van der Waals surface area (Å²) in [5.74, 6) is -0.0750. The van der Waals surface area contributed by atoms with Gasteiger partial charge in [0, 0.05) is 10.7 Å². The standard InChI is InChI=1S/C23H17ClN2O5S/c1-30-20-9-11-22(12-10-20)32(28,29)31-21-4-2-3-16(14-21)13-17(15-25)23(27)26-19-7-5-18(24)6-8-19/h2-14H,1H3,(H,26,27)/b17-13+. The van der Waals surface area contributed by atoms with Crippen LogP contribution in [0.2, 0.25) is 5.02 Å². The summed E-state index contributed by atoms with van der Waals surface area (Å²) < 4.78 is 35.3. The lowest BCUT2D eigenvalue weighted by molar-refractivity contribution is -0.112. The van der Waals surface area contributed by atoms with Crippen LogP contribution in [0.3, 0.4) is 0 Å². The van der Waals surface area contributed by atoms with Gasteiger partial charge in [-0.2, -0.15) is 13.7 Å². The Kier molecular flexibility index (Phi) is 7.15. The topological polar surface area (TPSA) is 105 Å². The molecule has 1 amide bonds. The van der Waals surface area contributed by atoms with Gasteiger partial charge in [0.1, 0.15) is 28.0 Å². The maximum Gasteiger partial charge on any atom is 0.339 e. The average Bonchev–Trinajstić information content (AvgIpc) is 2.79. The van der Waals surface area contributed by atoms with Crippen LogP contribution in [0.4, 0.5) is 5.69 Å². The molecule has 0 spiro atoms. The van der Waals surface area contributed by atoms with Crippen LogP contribution >= 0.6 is 11.6 Å². The maximum atomic E-state index is 12.5. The molecule has 7 nitrogen and oxygen atoms in total. The molecule has 0 saturated heterocycles. The number of hydrogen-bond acceptors (Lipinski definition) is 6. The molecule has 0 heterocycles. The number of nitrogens with zero attached hydrogens (tertiary/aromatic N) is 1. The third kappa shape index (κ3) is 5.88. The lowest BCUT2D eigenvalue weighted by atomic mass is 10.1. The van der Waals surface area contributed by atoms with E-state index in [1.807, 2.05) is 6.07 Å². The number of nitrogens with one attached hydrogen (secondary N) is 1. The van der Waals surface area contributed by atoms with Crippen molar-refractivity contribution in [3.8, 4) is 17.6 Å². The molecular weight excluding hydrogens is 452 g/mol. The van der Waals surface area contributed by atoms with E-state index < -0.39 is 16.0 Å². The Hall–Kier alpha value is -3.80. The second kappa shape index (κ2) is 10.0. The van der Waals surface area contributed by atoms with Crippen molar-refractivity contribution in [1.82, 2.24) is 0 Å². The second-order valence-electron chi connectivity index (χ2n) is 6.42. The Bertz CT molecular complexity index is 1300. The van der Waals surface area contributed by atoms with Gasteiger partial charge in [0.2, 0.25) is 0 Å². The number of carbonyl (C=O) groups is 1. The van der Waals surface area contributed by atoms with Crippen LogP contribution in [-0.2, 0) is 14.9 Å². The van der Waals surface area contributed by atoms with Crippen molar-refractivity contribution in [3.63, 3.8) is 0 Å². The number of methoxy groups -OCH3 is 1. The van der Waals surface area contributed by atoms with Gasteiger partial charge in [0.05, 0.1) is 7.11 Å². The summed E-state index contributed by atoms with van der Waals surface area (Å²) in [5.41, 5.74) is 0.716. The van der Waals surface area contributed by atoms with Crippen molar-refractivity contribution >= 4 is 39.4 Å². The number of benzene rings is 3. The number of rotatable bonds is 7. The van der Waals surface area contributed by atoms with Gasteiger partial charge in [-0.15, -0.1) is 0 Å². The molecule has 3 aromatic rings. The molecule has 32 heavy (non-hydrogen) atoms. The Labute approximate surface area is 190 Å². The van der Waals surface area contributed by atoms with E-state index in [4.69, 9.17) is 20.5 Å². The van der Waals surface area contributed by atoms with Crippen molar-refractivity contribution < 1.29 is 22.1 Å². The lowest BCUT2D eigenvalue weighted by Crippen LogP contribution is -2.13. The third-order valence-corrected chi connectivity index (χ3v) is 5.70. The smallest absolute Gasteiger partial charge is 0.339 e. The summed E-state index contributed by atoms with van der Waals surface area (Å²) in [6.07, 6.45) is 1.33. The first kappa shape index (κ1) is 22.9. The number of ether oxygens (including phenoxy) is 1. The molecule has 0 unspecified atom stereocenters. The van der Waals surface area contributed by atoms with E-state index in [0.29, 0.717) is 22.0 Å². The van der Waals surface area contributed by atoms with E-state index in [1.54, 1.807) is 36.4 Å². The molecule has 0 aliphatic rings. The Balaban J connectivity index is 1.79. The van der Waals surface area contributed by atoms with Crippen molar-refractivity contribution in [2.24, 2.45) is 0 Å². The largest absolute Gasteiger partial charge is 0.497 e. The summed E-state index contributed by atoms with van der Waals surface area (Å²) in [5, 5.41) is 12.5. The van der Waals surface area contributed by atoms with Gasteiger partial charge in [-0.25, -0.2) is 0 Å². The van der Waals surface area contributed by atoms with E-state index in [0.717, 1.165) is 0 Å². The highest BCUT2D eigenvalue weighted by molar-refractivity contribution is 7.87. The van der Waals surface area contributed by atoms with Crippen LogP contribution in [0.15, 0.2) is 83.3 Å². The van der Waals surface area contributed by atoms with Gasteiger partial charge in [-0.3, -0.25) is 4.79 Å². The first-order valence-electron chi connectivity index (χ1n) is 9.18. The van der Waals surface area contributed by atoms with Gasteiger partial charge in [-0.05, 0) is 72.3 Å². The molecule has 0 aliphatic heterocycles. The first-order valence-corrected chi connectivity index (χ1v) is 11.0. The maximum absolute atomic E-state index is 12.5. The van der Waals surface area contributed by atoms with Gasteiger partial charge < -0.3 is 14.2 Å². The minimum absolute atomic E-state index is 0.0324. The van der Waals surface area contributed by atoms with Crippen molar-refractivity contribution in [1.29, 1.82) is 5.26 Å². The zero-order valence-electron chi connectivity index (χ0n) is 16.8. The summed E-state index contributed by atoms with van der Waals surface area (Å²) in [6, 6.07) is 20.0. The number of nitriles is 1. The monoisotopic (exact) mass is 468 g/mol. The molecule has 9 heteroatoms. The number of hydrogen-bond donors (Lipinski definition) is 1. The SMILES string of the molecule is COc1ccc(S(=O)(=O)Oc2cccc(/C=C(\C#N)C(=O)Nc3ccc(Cl)cc3)c2)cc1. The molecule has 0 bridgehead atoms. The molecule has 0 saturated carbocycles. The third-order valence-electron chi connectivity index (χ3n) is 4.19. The van der Waals surface area contributed by atoms with Crippen LogP contribution < -0.4 is 14.2 Å². The lowest BCUT2D eigenvalue weighted by Gasteiger charge is -2.08. The molecule has 0 fully saturated rings. The summed E-state index contributed by atoms with van der Waals surface area (Å²) in [7, 11) is -2.60. The predicted octanol–water partition coefficient (Wildman–Crippen LogP) is 4.66. The van der Waals surface area contributed by atoms with E-state index in [-0.39, 0.29) is 16.2 Å². The van der Waals surface area contributed by atoms with Crippen molar-refractivity contribution in [3.05, 3.63) is 89.0 Å². The summed E-state index contributed by atoms with van der Waals surface area (Å²) in [4.78, 5) is 12.4.